The Kier molecular flexibility index (Phi) is 6.09. The molecule has 1 amide bonds. The molecule has 2 heterocycles. The lowest BCUT2D eigenvalue weighted by Crippen LogP contribution is -2.48. The zero-order valence-electron chi connectivity index (χ0n) is 18.2. The van der Waals surface area contributed by atoms with Crippen LogP contribution in [0.25, 0.3) is 10.9 Å². The second-order valence-electron chi connectivity index (χ2n) is 8.06. The second-order valence-corrected chi connectivity index (χ2v) is 8.06. The summed E-state index contributed by atoms with van der Waals surface area (Å²) in [5.74, 6) is 1.08. The van der Waals surface area contributed by atoms with Crippen molar-refractivity contribution < 1.29 is 9.53 Å². The molecule has 3 aromatic rings. The van der Waals surface area contributed by atoms with Crippen molar-refractivity contribution in [3.8, 4) is 5.75 Å². The molecule has 1 atom stereocenters. The van der Waals surface area contributed by atoms with Crippen LogP contribution in [0.4, 0.5) is 0 Å². The maximum Gasteiger partial charge on any atom is 0.223 e. The summed E-state index contributed by atoms with van der Waals surface area (Å²) in [4.78, 5) is 17.7. The zero-order valence-corrected chi connectivity index (χ0v) is 18.2. The van der Waals surface area contributed by atoms with Crippen molar-refractivity contribution in [2.45, 2.75) is 19.3 Å². The van der Waals surface area contributed by atoms with Gasteiger partial charge in [-0.15, -0.1) is 0 Å². The molecule has 0 spiro atoms. The predicted molar refractivity (Wildman–Crippen MR) is 121 cm³/mol. The Labute approximate surface area is 178 Å². The van der Waals surface area contributed by atoms with Gasteiger partial charge in [0.1, 0.15) is 5.75 Å². The number of para-hydroxylation sites is 1. The molecule has 2 aromatic carbocycles. The van der Waals surface area contributed by atoms with Crippen LogP contribution in [0.3, 0.4) is 0 Å². The number of benzene rings is 2. The molecule has 1 saturated heterocycles. The van der Waals surface area contributed by atoms with E-state index in [0.717, 1.165) is 44.0 Å². The van der Waals surface area contributed by atoms with Crippen LogP contribution in [0.2, 0.25) is 0 Å². The summed E-state index contributed by atoms with van der Waals surface area (Å²) in [5, 5.41) is 1.21. The first-order valence-electron chi connectivity index (χ1n) is 10.8. The SMILES string of the molecule is CCN1CCN(C(=O)CC(c2ccc(OC)cc2)c2cn(C)c3ccccc23)CC1. The van der Waals surface area contributed by atoms with Crippen LogP contribution in [-0.4, -0.2) is 60.1 Å². The van der Waals surface area contributed by atoms with Crippen LogP contribution in [0.1, 0.15) is 30.4 Å². The Morgan fingerprint density at radius 3 is 2.40 bits per heavy atom. The van der Waals surface area contributed by atoms with E-state index in [0.29, 0.717) is 6.42 Å². The van der Waals surface area contributed by atoms with Gasteiger partial charge in [-0.25, -0.2) is 0 Å². The summed E-state index contributed by atoms with van der Waals surface area (Å²) < 4.78 is 7.50. The average molecular weight is 406 g/mol. The maximum atomic E-state index is 13.3. The van der Waals surface area contributed by atoms with Crippen molar-refractivity contribution in [2.24, 2.45) is 7.05 Å². The minimum Gasteiger partial charge on any atom is -0.497 e. The Bertz CT molecular complexity index is 1000. The summed E-state index contributed by atoms with van der Waals surface area (Å²) in [6.07, 6.45) is 2.66. The van der Waals surface area contributed by atoms with Crippen LogP contribution in [0.5, 0.6) is 5.75 Å². The van der Waals surface area contributed by atoms with Gasteiger partial charge in [0.15, 0.2) is 0 Å². The molecule has 4 rings (SSSR count). The summed E-state index contributed by atoms with van der Waals surface area (Å²) in [6, 6.07) is 16.6. The van der Waals surface area contributed by atoms with Gasteiger partial charge in [-0.3, -0.25) is 4.79 Å². The van der Waals surface area contributed by atoms with Gasteiger partial charge in [-0.1, -0.05) is 37.3 Å². The third-order valence-corrected chi connectivity index (χ3v) is 6.37. The number of piperazine rings is 1. The number of likely N-dealkylation sites (N-methyl/N-ethyl adjacent to an activating group) is 1. The number of carbonyl (C=O) groups excluding carboxylic acids is 1. The number of fused-ring (bicyclic) bond motifs is 1. The topological polar surface area (TPSA) is 37.7 Å². The first-order chi connectivity index (χ1) is 14.6. The van der Waals surface area contributed by atoms with Crippen LogP contribution in [0.15, 0.2) is 54.7 Å². The smallest absolute Gasteiger partial charge is 0.223 e. The summed E-state index contributed by atoms with van der Waals surface area (Å²) >= 11 is 0. The molecule has 0 saturated carbocycles. The quantitative estimate of drug-likeness (QED) is 0.625. The fraction of sp³-hybridized carbons (Fsp3) is 0.400. The Balaban J connectivity index is 1.66. The monoisotopic (exact) mass is 405 g/mol. The van der Waals surface area contributed by atoms with Crippen LogP contribution in [-0.2, 0) is 11.8 Å². The van der Waals surface area contributed by atoms with E-state index < -0.39 is 0 Å². The molecule has 0 aliphatic carbocycles. The van der Waals surface area contributed by atoms with E-state index in [1.54, 1.807) is 7.11 Å². The number of carbonyl (C=O) groups is 1. The first kappa shape index (κ1) is 20.5. The lowest BCUT2D eigenvalue weighted by molar-refractivity contribution is -0.133. The Morgan fingerprint density at radius 1 is 1.03 bits per heavy atom. The van der Waals surface area contributed by atoms with E-state index in [9.17, 15) is 4.79 Å². The maximum absolute atomic E-state index is 13.3. The number of aromatic nitrogens is 1. The molecule has 158 valence electrons. The second kappa shape index (κ2) is 8.92. The van der Waals surface area contributed by atoms with Gasteiger partial charge in [-0.05, 0) is 35.9 Å². The number of methoxy groups -OCH3 is 1. The Morgan fingerprint density at radius 2 is 1.73 bits per heavy atom. The highest BCUT2D eigenvalue weighted by molar-refractivity contribution is 5.86. The molecule has 1 aliphatic rings. The zero-order chi connectivity index (χ0) is 21.1. The molecular formula is C25H31N3O2. The molecule has 0 bridgehead atoms. The average Bonchev–Trinajstić information content (AvgIpc) is 3.14. The van der Waals surface area contributed by atoms with E-state index in [1.165, 1.54) is 16.5 Å². The van der Waals surface area contributed by atoms with Gasteiger partial charge in [0, 0.05) is 62.7 Å². The predicted octanol–water partition coefficient (Wildman–Crippen LogP) is 3.87. The van der Waals surface area contributed by atoms with E-state index in [4.69, 9.17) is 4.74 Å². The number of hydrogen-bond acceptors (Lipinski definition) is 3. The van der Waals surface area contributed by atoms with Crippen molar-refractivity contribution in [3.05, 3.63) is 65.9 Å². The standard InChI is InChI=1S/C25H31N3O2/c1-4-27-13-15-28(16-14-27)25(29)17-22(19-9-11-20(30-3)12-10-19)23-18-26(2)24-8-6-5-7-21(23)24/h5-12,18,22H,4,13-17H2,1-3H3. The fourth-order valence-corrected chi connectivity index (χ4v) is 4.51. The summed E-state index contributed by atoms with van der Waals surface area (Å²) in [6.45, 7) is 6.78. The summed E-state index contributed by atoms with van der Waals surface area (Å²) in [7, 11) is 3.75. The number of hydrogen-bond donors (Lipinski definition) is 0. The van der Waals surface area contributed by atoms with E-state index in [1.807, 2.05) is 17.0 Å². The van der Waals surface area contributed by atoms with E-state index in [-0.39, 0.29) is 11.8 Å². The summed E-state index contributed by atoms with van der Waals surface area (Å²) in [5.41, 5.74) is 3.54. The molecule has 1 fully saturated rings. The lowest BCUT2D eigenvalue weighted by atomic mass is 9.87. The third-order valence-electron chi connectivity index (χ3n) is 6.37. The normalized spacial score (nSPS) is 16.0. The van der Waals surface area contributed by atoms with E-state index >= 15 is 0 Å². The molecule has 5 nitrogen and oxygen atoms in total. The highest BCUT2D eigenvalue weighted by Gasteiger charge is 2.26. The van der Waals surface area contributed by atoms with Gasteiger partial charge in [0.25, 0.3) is 0 Å². The van der Waals surface area contributed by atoms with Gasteiger partial charge in [0.05, 0.1) is 7.11 Å². The number of aryl methyl sites for hydroxylation is 1. The third kappa shape index (κ3) is 4.08. The molecule has 5 heteroatoms. The minimum atomic E-state index is 0.0127. The molecule has 30 heavy (non-hydrogen) atoms. The highest BCUT2D eigenvalue weighted by Crippen LogP contribution is 2.35. The highest BCUT2D eigenvalue weighted by atomic mass is 16.5. The van der Waals surface area contributed by atoms with Crippen molar-refractivity contribution in [1.29, 1.82) is 0 Å². The van der Waals surface area contributed by atoms with Crippen LogP contribution >= 0.6 is 0 Å². The van der Waals surface area contributed by atoms with Crippen molar-refractivity contribution in [2.75, 3.05) is 39.8 Å². The molecule has 1 unspecified atom stereocenters. The van der Waals surface area contributed by atoms with Crippen molar-refractivity contribution >= 4 is 16.8 Å². The minimum absolute atomic E-state index is 0.0127. The number of amides is 1. The van der Waals surface area contributed by atoms with Gasteiger partial charge >= 0.3 is 0 Å². The number of nitrogens with zero attached hydrogens (tertiary/aromatic N) is 3. The lowest BCUT2D eigenvalue weighted by Gasteiger charge is -2.34. The van der Waals surface area contributed by atoms with Crippen LogP contribution in [0, 0.1) is 0 Å². The Hall–Kier alpha value is -2.79. The van der Waals surface area contributed by atoms with Crippen LogP contribution < -0.4 is 4.74 Å². The van der Waals surface area contributed by atoms with Crippen molar-refractivity contribution in [3.63, 3.8) is 0 Å². The van der Waals surface area contributed by atoms with Gasteiger partial charge in [-0.2, -0.15) is 0 Å². The number of ether oxygens (including phenoxy) is 1. The molecule has 1 aromatic heterocycles. The number of rotatable bonds is 6. The molecule has 0 radical (unpaired) electrons. The molecule has 1 aliphatic heterocycles. The van der Waals surface area contributed by atoms with Gasteiger partial charge in [0.2, 0.25) is 5.91 Å². The van der Waals surface area contributed by atoms with Gasteiger partial charge < -0.3 is 19.1 Å². The van der Waals surface area contributed by atoms with E-state index in [2.05, 4.69) is 66.0 Å². The fourth-order valence-electron chi connectivity index (χ4n) is 4.51. The van der Waals surface area contributed by atoms with Crippen molar-refractivity contribution in [1.82, 2.24) is 14.4 Å². The first-order valence-corrected chi connectivity index (χ1v) is 10.8. The largest absolute Gasteiger partial charge is 0.497 e. The molecule has 0 N–H and O–H groups in total. The molecular weight excluding hydrogens is 374 g/mol.